The summed E-state index contributed by atoms with van der Waals surface area (Å²) in [5, 5.41) is 7.28. The number of hydrogen-bond donors (Lipinski definition) is 1. The number of nitrogens with zero attached hydrogens (tertiary/aromatic N) is 1. The number of nitrogens with one attached hydrogen (secondary N) is 1. The molecule has 1 atom stereocenters. The molecular formula is C10H14N2. The molecule has 2 nitrogen and oxygen atoms in total. The molecule has 2 heteroatoms. The molecule has 0 aliphatic heterocycles. The summed E-state index contributed by atoms with van der Waals surface area (Å²) in [5.74, 6) is 0.635. The second-order valence-corrected chi connectivity index (χ2v) is 3.73. The highest BCUT2D eigenvalue weighted by atomic mass is 15.1. The first-order valence-electron chi connectivity index (χ1n) is 4.36. The van der Waals surface area contributed by atoms with Crippen LogP contribution in [0.3, 0.4) is 0 Å². The fourth-order valence-corrected chi connectivity index (χ4v) is 1.84. The van der Waals surface area contributed by atoms with E-state index in [-0.39, 0.29) is 0 Å². The number of aromatic nitrogens is 2. The summed E-state index contributed by atoms with van der Waals surface area (Å²) in [6.45, 7) is 8.19. The zero-order chi connectivity index (χ0) is 8.72. The summed E-state index contributed by atoms with van der Waals surface area (Å²) < 4.78 is 0. The Balaban J connectivity index is 2.28. The Hall–Kier alpha value is -1.05. The maximum atomic E-state index is 4.26. The van der Waals surface area contributed by atoms with Crippen LogP contribution in [0.15, 0.2) is 12.2 Å². The van der Waals surface area contributed by atoms with Gasteiger partial charge in [0.25, 0.3) is 0 Å². The van der Waals surface area contributed by atoms with E-state index < -0.39 is 0 Å². The second kappa shape index (κ2) is 2.47. The quantitative estimate of drug-likeness (QED) is 0.629. The van der Waals surface area contributed by atoms with E-state index in [1.807, 2.05) is 0 Å². The van der Waals surface area contributed by atoms with Gasteiger partial charge in [0, 0.05) is 5.69 Å². The summed E-state index contributed by atoms with van der Waals surface area (Å²) in [7, 11) is 0. The highest BCUT2D eigenvalue weighted by Crippen LogP contribution is 2.30. The smallest absolute Gasteiger partial charge is 0.0663 e. The van der Waals surface area contributed by atoms with E-state index in [1.165, 1.54) is 22.5 Å². The van der Waals surface area contributed by atoms with Gasteiger partial charge in [-0.2, -0.15) is 5.10 Å². The van der Waals surface area contributed by atoms with E-state index >= 15 is 0 Å². The molecule has 0 saturated carbocycles. The molecule has 1 aliphatic carbocycles. The zero-order valence-electron chi connectivity index (χ0n) is 7.65. The summed E-state index contributed by atoms with van der Waals surface area (Å²) in [6.07, 6.45) is 2.21. The van der Waals surface area contributed by atoms with Gasteiger partial charge in [0.1, 0.15) is 0 Å². The Morgan fingerprint density at radius 3 is 2.92 bits per heavy atom. The lowest BCUT2D eigenvalue weighted by Gasteiger charge is -2.06. The van der Waals surface area contributed by atoms with Gasteiger partial charge < -0.3 is 0 Å². The maximum absolute atomic E-state index is 4.26. The number of fused-ring (bicyclic) bond motifs is 1. The third kappa shape index (κ3) is 0.986. The van der Waals surface area contributed by atoms with E-state index in [9.17, 15) is 0 Å². The van der Waals surface area contributed by atoms with Crippen LogP contribution in [-0.4, -0.2) is 10.2 Å². The molecule has 0 aromatic carbocycles. The standard InChI is InChI=1S/C10H14N2/c1-6(2)8-4-9-7(3)11-12-10(9)5-8/h8H,1,4-5H2,2-3H3,(H,11,12)/t8-/m0/s1. The number of aryl methyl sites for hydroxylation is 1. The van der Waals surface area contributed by atoms with Crippen LogP contribution in [-0.2, 0) is 12.8 Å². The van der Waals surface area contributed by atoms with Gasteiger partial charge in [0.2, 0.25) is 0 Å². The lowest BCUT2D eigenvalue weighted by molar-refractivity contribution is 0.646. The molecule has 12 heavy (non-hydrogen) atoms. The van der Waals surface area contributed by atoms with Crippen molar-refractivity contribution in [1.82, 2.24) is 10.2 Å². The van der Waals surface area contributed by atoms with Crippen LogP contribution < -0.4 is 0 Å². The van der Waals surface area contributed by atoms with Crippen molar-refractivity contribution in [2.75, 3.05) is 0 Å². The first-order chi connectivity index (χ1) is 5.68. The minimum atomic E-state index is 0.635. The van der Waals surface area contributed by atoms with E-state index in [4.69, 9.17) is 0 Å². The molecule has 0 fully saturated rings. The Bertz CT molecular complexity index is 323. The molecule has 1 aliphatic rings. The average molecular weight is 162 g/mol. The van der Waals surface area contributed by atoms with Gasteiger partial charge in [-0.25, -0.2) is 0 Å². The van der Waals surface area contributed by atoms with Crippen LogP contribution in [0.2, 0.25) is 0 Å². The molecular weight excluding hydrogens is 148 g/mol. The minimum absolute atomic E-state index is 0.635. The predicted octanol–water partition coefficient (Wildman–Crippen LogP) is 2.01. The van der Waals surface area contributed by atoms with Gasteiger partial charge >= 0.3 is 0 Å². The van der Waals surface area contributed by atoms with Crippen molar-refractivity contribution in [2.24, 2.45) is 5.92 Å². The molecule has 0 bridgehead atoms. The molecule has 1 aromatic rings. The first-order valence-corrected chi connectivity index (χ1v) is 4.36. The van der Waals surface area contributed by atoms with Crippen LogP contribution in [0.4, 0.5) is 0 Å². The minimum Gasteiger partial charge on any atom is -0.282 e. The Labute approximate surface area is 72.7 Å². The Morgan fingerprint density at radius 1 is 1.58 bits per heavy atom. The van der Waals surface area contributed by atoms with Crippen LogP contribution in [0.5, 0.6) is 0 Å². The topological polar surface area (TPSA) is 28.7 Å². The molecule has 1 aromatic heterocycles. The summed E-state index contributed by atoms with van der Waals surface area (Å²) in [4.78, 5) is 0. The average Bonchev–Trinajstić information content (AvgIpc) is 2.53. The molecule has 0 unspecified atom stereocenters. The zero-order valence-corrected chi connectivity index (χ0v) is 7.65. The van der Waals surface area contributed by atoms with E-state index in [2.05, 4.69) is 30.6 Å². The third-order valence-corrected chi connectivity index (χ3v) is 2.75. The molecule has 0 spiro atoms. The first kappa shape index (κ1) is 7.59. The molecule has 0 saturated heterocycles. The van der Waals surface area contributed by atoms with Gasteiger partial charge in [0.05, 0.1) is 5.69 Å². The Morgan fingerprint density at radius 2 is 2.33 bits per heavy atom. The number of rotatable bonds is 1. The molecule has 64 valence electrons. The van der Waals surface area contributed by atoms with Crippen molar-refractivity contribution in [2.45, 2.75) is 26.7 Å². The largest absolute Gasteiger partial charge is 0.282 e. The van der Waals surface area contributed by atoms with Crippen LogP contribution in [0, 0.1) is 12.8 Å². The van der Waals surface area contributed by atoms with Gasteiger partial charge in [0.15, 0.2) is 0 Å². The normalized spacial score (nSPS) is 21.0. The lowest BCUT2D eigenvalue weighted by atomic mass is 9.99. The summed E-state index contributed by atoms with van der Waals surface area (Å²) >= 11 is 0. The number of H-pyrrole nitrogens is 1. The van der Waals surface area contributed by atoms with Crippen molar-refractivity contribution in [3.05, 3.63) is 29.1 Å². The Kier molecular flexibility index (Phi) is 1.56. The monoisotopic (exact) mass is 162 g/mol. The number of aromatic amines is 1. The molecule has 0 amide bonds. The van der Waals surface area contributed by atoms with Gasteiger partial charge in [-0.3, -0.25) is 5.10 Å². The van der Waals surface area contributed by atoms with Gasteiger partial charge in [-0.15, -0.1) is 0 Å². The number of allylic oxidation sites excluding steroid dienone is 1. The van der Waals surface area contributed by atoms with Crippen molar-refractivity contribution >= 4 is 0 Å². The van der Waals surface area contributed by atoms with Gasteiger partial charge in [-0.05, 0) is 38.2 Å². The summed E-state index contributed by atoms with van der Waals surface area (Å²) in [5.41, 5.74) is 5.18. The number of hydrogen-bond acceptors (Lipinski definition) is 1. The fraction of sp³-hybridized carbons (Fsp3) is 0.500. The van der Waals surface area contributed by atoms with Gasteiger partial charge in [-0.1, -0.05) is 12.2 Å². The van der Waals surface area contributed by atoms with Crippen molar-refractivity contribution in [3.63, 3.8) is 0 Å². The molecule has 2 rings (SSSR count). The van der Waals surface area contributed by atoms with Crippen molar-refractivity contribution < 1.29 is 0 Å². The molecule has 1 heterocycles. The third-order valence-electron chi connectivity index (χ3n) is 2.75. The van der Waals surface area contributed by atoms with Crippen LogP contribution in [0.25, 0.3) is 0 Å². The van der Waals surface area contributed by atoms with Crippen molar-refractivity contribution in [1.29, 1.82) is 0 Å². The fourth-order valence-electron chi connectivity index (χ4n) is 1.84. The van der Waals surface area contributed by atoms with Crippen LogP contribution in [0.1, 0.15) is 23.9 Å². The highest BCUT2D eigenvalue weighted by Gasteiger charge is 2.25. The predicted molar refractivity (Wildman–Crippen MR) is 49.0 cm³/mol. The SMILES string of the molecule is C=C(C)[C@@H]1Cc2n[nH]c(C)c2C1. The maximum Gasteiger partial charge on any atom is 0.0663 e. The molecule has 0 radical (unpaired) electrons. The van der Waals surface area contributed by atoms with E-state index in [1.54, 1.807) is 0 Å². The summed E-state index contributed by atoms with van der Waals surface area (Å²) in [6, 6.07) is 0. The van der Waals surface area contributed by atoms with Crippen molar-refractivity contribution in [3.8, 4) is 0 Å². The van der Waals surface area contributed by atoms with E-state index in [0.29, 0.717) is 5.92 Å². The van der Waals surface area contributed by atoms with E-state index in [0.717, 1.165) is 12.8 Å². The second-order valence-electron chi connectivity index (χ2n) is 3.73. The molecule has 1 N–H and O–H groups in total. The van der Waals surface area contributed by atoms with Crippen LogP contribution >= 0.6 is 0 Å². The lowest BCUT2D eigenvalue weighted by Crippen LogP contribution is -2.01. The highest BCUT2D eigenvalue weighted by molar-refractivity contribution is 5.32.